The van der Waals surface area contributed by atoms with E-state index in [1.165, 1.54) is 19.3 Å². The van der Waals surface area contributed by atoms with E-state index in [4.69, 9.17) is 4.74 Å². The quantitative estimate of drug-likeness (QED) is 0.841. The van der Waals surface area contributed by atoms with Gasteiger partial charge in [0.05, 0.1) is 19.0 Å². The lowest BCUT2D eigenvalue weighted by Gasteiger charge is -2.22. The molecular weight excluding hydrogens is 314 g/mol. The molecule has 1 aromatic heterocycles. The van der Waals surface area contributed by atoms with Gasteiger partial charge in [-0.2, -0.15) is 0 Å². The number of carbonyl (C=O) groups is 1. The second-order valence-electron chi connectivity index (χ2n) is 6.44. The molecular formula is C20H25N3O2. The first kappa shape index (κ1) is 17.3. The Labute approximate surface area is 148 Å². The molecule has 0 aliphatic heterocycles. The van der Waals surface area contributed by atoms with Crippen LogP contribution in [0.5, 0.6) is 5.75 Å². The minimum atomic E-state index is -0.0754. The first-order valence-electron chi connectivity index (χ1n) is 8.88. The maximum atomic E-state index is 12.3. The maximum absolute atomic E-state index is 12.3. The SMILES string of the molecule is COc1ccc(CNc2ccc(C(=O)NC3CCCCC3)nc2)cc1. The molecule has 1 heterocycles. The predicted octanol–water partition coefficient (Wildman–Crippen LogP) is 3.76. The summed E-state index contributed by atoms with van der Waals surface area (Å²) in [5.41, 5.74) is 2.52. The first-order valence-corrected chi connectivity index (χ1v) is 8.88. The van der Waals surface area contributed by atoms with Crippen LogP contribution < -0.4 is 15.4 Å². The monoisotopic (exact) mass is 339 g/mol. The Bertz CT molecular complexity index is 677. The summed E-state index contributed by atoms with van der Waals surface area (Å²) in [5.74, 6) is 0.771. The molecule has 0 unspecified atom stereocenters. The molecule has 0 saturated heterocycles. The van der Waals surface area contributed by atoms with Crippen molar-refractivity contribution in [3.05, 3.63) is 53.9 Å². The van der Waals surface area contributed by atoms with E-state index in [2.05, 4.69) is 15.6 Å². The van der Waals surface area contributed by atoms with Gasteiger partial charge in [0, 0.05) is 12.6 Å². The Hall–Kier alpha value is -2.56. The Morgan fingerprint density at radius 3 is 2.52 bits per heavy atom. The van der Waals surface area contributed by atoms with E-state index in [1.54, 1.807) is 19.4 Å². The minimum Gasteiger partial charge on any atom is -0.497 e. The molecule has 1 amide bonds. The van der Waals surface area contributed by atoms with Crippen molar-refractivity contribution in [3.63, 3.8) is 0 Å². The van der Waals surface area contributed by atoms with Crippen LogP contribution in [-0.4, -0.2) is 24.0 Å². The highest BCUT2D eigenvalue weighted by atomic mass is 16.5. The number of benzene rings is 1. The van der Waals surface area contributed by atoms with E-state index in [0.717, 1.165) is 29.8 Å². The molecule has 0 spiro atoms. The molecule has 25 heavy (non-hydrogen) atoms. The third kappa shape index (κ3) is 4.95. The smallest absolute Gasteiger partial charge is 0.270 e. The third-order valence-electron chi connectivity index (χ3n) is 4.59. The van der Waals surface area contributed by atoms with E-state index in [-0.39, 0.29) is 5.91 Å². The zero-order valence-electron chi connectivity index (χ0n) is 14.6. The van der Waals surface area contributed by atoms with Gasteiger partial charge in [0.2, 0.25) is 0 Å². The average Bonchev–Trinajstić information content (AvgIpc) is 2.68. The van der Waals surface area contributed by atoms with E-state index in [9.17, 15) is 4.79 Å². The van der Waals surface area contributed by atoms with Gasteiger partial charge in [0.25, 0.3) is 5.91 Å². The number of nitrogens with one attached hydrogen (secondary N) is 2. The number of anilines is 1. The summed E-state index contributed by atoms with van der Waals surface area (Å²) in [6.07, 6.45) is 7.54. The van der Waals surface area contributed by atoms with Crippen LogP contribution in [0.3, 0.4) is 0 Å². The number of carbonyl (C=O) groups excluding carboxylic acids is 1. The summed E-state index contributed by atoms with van der Waals surface area (Å²) < 4.78 is 5.15. The van der Waals surface area contributed by atoms with Crippen molar-refractivity contribution < 1.29 is 9.53 Å². The van der Waals surface area contributed by atoms with Gasteiger partial charge in [-0.05, 0) is 42.7 Å². The number of methoxy groups -OCH3 is 1. The topological polar surface area (TPSA) is 63.2 Å². The molecule has 1 aliphatic carbocycles. The van der Waals surface area contributed by atoms with Crippen molar-refractivity contribution >= 4 is 11.6 Å². The van der Waals surface area contributed by atoms with E-state index in [1.807, 2.05) is 30.3 Å². The molecule has 1 saturated carbocycles. The molecule has 1 aromatic carbocycles. The van der Waals surface area contributed by atoms with Crippen LogP contribution in [0.4, 0.5) is 5.69 Å². The van der Waals surface area contributed by atoms with Gasteiger partial charge >= 0.3 is 0 Å². The van der Waals surface area contributed by atoms with Crippen molar-refractivity contribution in [3.8, 4) is 5.75 Å². The highest BCUT2D eigenvalue weighted by Crippen LogP contribution is 2.18. The Morgan fingerprint density at radius 1 is 1.12 bits per heavy atom. The number of amides is 1. The standard InChI is InChI=1S/C20H25N3O2/c1-25-18-10-7-15(8-11-18)13-21-17-9-12-19(22-14-17)20(24)23-16-5-3-2-4-6-16/h7-12,14,16,21H,2-6,13H2,1H3,(H,23,24). The highest BCUT2D eigenvalue weighted by molar-refractivity contribution is 5.92. The number of ether oxygens (including phenoxy) is 1. The fourth-order valence-corrected chi connectivity index (χ4v) is 3.09. The lowest BCUT2D eigenvalue weighted by atomic mass is 9.95. The summed E-state index contributed by atoms with van der Waals surface area (Å²) in [6.45, 7) is 0.694. The van der Waals surface area contributed by atoms with Crippen molar-refractivity contribution in [2.24, 2.45) is 0 Å². The second kappa shape index (κ2) is 8.51. The van der Waals surface area contributed by atoms with Gasteiger partial charge < -0.3 is 15.4 Å². The van der Waals surface area contributed by atoms with E-state index >= 15 is 0 Å². The average molecular weight is 339 g/mol. The van der Waals surface area contributed by atoms with Gasteiger partial charge in [-0.25, -0.2) is 4.98 Å². The Balaban J connectivity index is 1.51. The van der Waals surface area contributed by atoms with Crippen LogP contribution >= 0.6 is 0 Å². The lowest BCUT2D eigenvalue weighted by molar-refractivity contribution is 0.0922. The van der Waals surface area contributed by atoms with Crippen molar-refractivity contribution in [1.29, 1.82) is 0 Å². The molecule has 3 rings (SSSR count). The highest BCUT2D eigenvalue weighted by Gasteiger charge is 2.17. The summed E-state index contributed by atoms with van der Waals surface area (Å²) in [4.78, 5) is 16.5. The third-order valence-corrected chi connectivity index (χ3v) is 4.59. The van der Waals surface area contributed by atoms with Crippen molar-refractivity contribution in [1.82, 2.24) is 10.3 Å². The predicted molar refractivity (Wildman–Crippen MR) is 98.9 cm³/mol. The number of nitrogens with zero attached hydrogens (tertiary/aromatic N) is 1. The fourth-order valence-electron chi connectivity index (χ4n) is 3.09. The summed E-state index contributed by atoms with van der Waals surface area (Å²) >= 11 is 0. The zero-order valence-corrected chi connectivity index (χ0v) is 14.6. The summed E-state index contributed by atoms with van der Waals surface area (Å²) in [5, 5.41) is 6.40. The van der Waals surface area contributed by atoms with Crippen LogP contribution in [0.1, 0.15) is 48.2 Å². The van der Waals surface area contributed by atoms with Gasteiger partial charge in [-0.15, -0.1) is 0 Å². The number of aromatic nitrogens is 1. The second-order valence-corrected chi connectivity index (χ2v) is 6.44. The number of hydrogen-bond acceptors (Lipinski definition) is 4. The van der Waals surface area contributed by atoms with Crippen LogP contribution in [-0.2, 0) is 6.54 Å². The molecule has 0 atom stereocenters. The maximum Gasteiger partial charge on any atom is 0.270 e. The van der Waals surface area contributed by atoms with E-state index < -0.39 is 0 Å². The van der Waals surface area contributed by atoms with Gasteiger partial charge in [0.15, 0.2) is 0 Å². The Kier molecular flexibility index (Phi) is 5.88. The van der Waals surface area contributed by atoms with Gasteiger partial charge in [-0.3, -0.25) is 4.79 Å². The number of hydrogen-bond donors (Lipinski definition) is 2. The zero-order chi connectivity index (χ0) is 17.5. The molecule has 1 aliphatic rings. The Morgan fingerprint density at radius 2 is 1.88 bits per heavy atom. The normalized spacial score (nSPS) is 14.8. The lowest BCUT2D eigenvalue weighted by Crippen LogP contribution is -2.36. The summed E-state index contributed by atoms with van der Waals surface area (Å²) in [6, 6.07) is 11.9. The molecule has 2 aromatic rings. The molecule has 1 fully saturated rings. The van der Waals surface area contributed by atoms with E-state index in [0.29, 0.717) is 18.3 Å². The fraction of sp³-hybridized carbons (Fsp3) is 0.400. The molecule has 5 nitrogen and oxygen atoms in total. The van der Waals surface area contributed by atoms with Crippen molar-refractivity contribution in [2.75, 3.05) is 12.4 Å². The van der Waals surface area contributed by atoms with Crippen LogP contribution in [0.15, 0.2) is 42.6 Å². The van der Waals surface area contributed by atoms with Crippen LogP contribution in [0.2, 0.25) is 0 Å². The van der Waals surface area contributed by atoms with Gasteiger partial charge in [0.1, 0.15) is 11.4 Å². The largest absolute Gasteiger partial charge is 0.497 e. The minimum absolute atomic E-state index is 0.0754. The first-order chi connectivity index (χ1) is 12.2. The molecule has 2 N–H and O–H groups in total. The molecule has 5 heteroatoms. The summed E-state index contributed by atoms with van der Waals surface area (Å²) in [7, 11) is 1.66. The van der Waals surface area contributed by atoms with Crippen LogP contribution in [0, 0.1) is 0 Å². The van der Waals surface area contributed by atoms with Crippen LogP contribution in [0.25, 0.3) is 0 Å². The number of rotatable bonds is 6. The molecule has 0 radical (unpaired) electrons. The molecule has 132 valence electrons. The van der Waals surface area contributed by atoms with Crippen molar-refractivity contribution in [2.45, 2.75) is 44.7 Å². The number of pyridine rings is 1. The van der Waals surface area contributed by atoms with Gasteiger partial charge in [-0.1, -0.05) is 31.4 Å². The molecule has 0 bridgehead atoms.